The molecule has 0 saturated heterocycles. The van der Waals surface area contributed by atoms with Crippen LogP contribution in [0.2, 0.25) is 0 Å². The SMILES string of the molecule is Cc1cccc(C(=O)NCC(=O)OC(C)C(=O)Nc2ccc(C(F)(F)F)cc2)c1. The van der Waals surface area contributed by atoms with Crippen LogP contribution in [0.5, 0.6) is 0 Å². The zero-order valence-electron chi connectivity index (χ0n) is 15.7. The van der Waals surface area contributed by atoms with Crippen molar-refractivity contribution < 1.29 is 32.3 Å². The van der Waals surface area contributed by atoms with Crippen molar-refractivity contribution in [1.29, 1.82) is 0 Å². The van der Waals surface area contributed by atoms with Gasteiger partial charge in [0.2, 0.25) is 0 Å². The van der Waals surface area contributed by atoms with E-state index in [1.54, 1.807) is 18.2 Å². The average Bonchev–Trinajstić information content (AvgIpc) is 2.65. The zero-order valence-corrected chi connectivity index (χ0v) is 15.7. The normalized spacial score (nSPS) is 12.0. The third-order valence-electron chi connectivity index (χ3n) is 3.83. The fraction of sp³-hybridized carbons (Fsp3) is 0.250. The van der Waals surface area contributed by atoms with E-state index in [4.69, 9.17) is 4.74 Å². The fourth-order valence-electron chi connectivity index (χ4n) is 2.32. The fourth-order valence-corrected chi connectivity index (χ4v) is 2.32. The molecular weight excluding hydrogens is 389 g/mol. The van der Waals surface area contributed by atoms with Gasteiger partial charge in [0.1, 0.15) is 6.54 Å². The van der Waals surface area contributed by atoms with Gasteiger partial charge in [-0.1, -0.05) is 17.7 Å². The Morgan fingerprint density at radius 1 is 1.07 bits per heavy atom. The molecule has 0 spiro atoms. The number of amides is 2. The van der Waals surface area contributed by atoms with E-state index in [0.29, 0.717) is 5.56 Å². The lowest BCUT2D eigenvalue weighted by molar-refractivity contribution is -0.152. The Morgan fingerprint density at radius 3 is 2.31 bits per heavy atom. The van der Waals surface area contributed by atoms with Crippen molar-refractivity contribution in [2.45, 2.75) is 26.1 Å². The van der Waals surface area contributed by atoms with Gasteiger partial charge in [0, 0.05) is 11.3 Å². The first-order chi connectivity index (χ1) is 13.6. The van der Waals surface area contributed by atoms with Crippen molar-refractivity contribution in [3.63, 3.8) is 0 Å². The largest absolute Gasteiger partial charge is 0.451 e. The summed E-state index contributed by atoms with van der Waals surface area (Å²) in [7, 11) is 0. The number of benzene rings is 2. The quantitative estimate of drug-likeness (QED) is 0.719. The second-order valence-electron chi connectivity index (χ2n) is 6.25. The van der Waals surface area contributed by atoms with Crippen molar-refractivity contribution in [1.82, 2.24) is 5.32 Å². The van der Waals surface area contributed by atoms with E-state index in [2.05, 4.69) is 10.6 Å². The van der Waals surface area contributed by atoms with Crippen LogP contribution >= 0.6 is 0 Å². The van der Waals surface area contributed by atoms with Crippen molar-refractivity contribution in [3.05, 3.63) is 65.2 Å². The number of anilines is 1. The minimum Gasteiger partial charge on any atom is -0.451 e. The highest BCUT2D eigenvalue weighted by atomic mass is 19.4. The van der Waals surface area contributed by atoms with Crippen molar-refractivity contribution in [2.24, 2.45) is 0 Å². The molecule has 0 aliphatic carbocycles. The molecule has 0 fully saturated rings. The monoisotopic (exact) mass is 408 g/mol. The van der Waals surface area contributed by atoms with E-state index in [1.807, 2.05) is 13.0 Å². The van der Waals surface area contributed by atoms with E-state index < -0.39 is 42.2 Å². The molecule has 0 aromatic heterocycles. The Bertz CT molecular complexity index is 895. The lowest BCUT2D eigenvalue weighted by Crippen LogP contribution is -2.35. The Kier molecular flexibility index (Phi) is 6.98. The molecule has 0 aliphatic heterocycles. The maximum atomic E-state index is 12.5. The summed E-state index contributed by atoms with van der Waals surface area (Å²) in [6, 6.07) is 10.6. The van der Waals surface area contributed by atoms with Gasteiger partial charge >= 0.3 is 12.1 Å². The molecule has 0 heterocycles. The Balaban J connectivity index is 1.82. The number of nitrogens with one attached hydrogen (secondary N) is 2. The van der Waals surface area contributed by atoms with Crippen LogP contribution in [0.4, 0.5) is 18.9 Å². The van der Waals surface area contributed by atoms with Gasteiger partial charge in [0.25, 0.3) is 11.8 Å². The van der Waals surface area contributed by atoms with Crippen LogP contribution in [0.1, 0.15) is 28.4 Å². The first kappa shape index (κ1) is 21.9. The van der Waals surface area contributed by atoms with E-state index in [0.717, 1.165) is 29.8 Å². The molecule has 0 radical (unpaired) electrons. The number of halogens is 3. The first-order valence-corrected chi connectivity index (χ1v) is 8.59. The maximum absolute atomic E-state index is 12.5. The van der Waals surface area contributed by atoms with Gasteiger partial charge in [-0.3, -0.25) is 14.4 Å². The Labute approximate surface area is 165 Å². The van der Waals surface area contributed by atoms with E-state index in [-0.39, 0.29) is 5.69 Å². The van der Waals surface area contributed by atoms with Gasteiger partial charge < -0.3 is 15.4 Å². The molecule has 2 N–H and O–H groups in total. The summed E-state index contributed by atoms with van der Waals surface area (Å²) >= 11 is 0. The topological polar surface area (TPSA) is 84.5 Å². The predicted octanol–water partition coefficient (Wildman–Crippen LogP) is 3.31. The second kappa shape index (κ2) is 9.22. The summed E-state index contributed by atoms with van der Waals surface area (Å²) in [6.07, 6.45) is -5.69. The van der Waals surface area contributed by atoms with Gasteiger partial charge in [-0.2, -0.15) is 13.2 Å². The molecule has 0 bridgehead atoms. The molecule has 9 heteroatoms. The number of hydrogen-bond donors (Lipinski definition) is 2. The van der Waals surface area contributed by atoms with Crippen molar-refractivity contribution in [3.8, 4) is 0 Å². The molecule has 154 valence electrons. The number of carbonyl (C=O) groups is 3. The molecule has 2 aromatic carbocycles. The van der Waals surface area contributed by atoms with E-state index in [9.17, 15) is 27.6 Å². The molecule has 29 heavy (non-hydrogen) atoms. The van der Waals surface area contributed by atoms with Gasteiger partial charge in [-0.05, 0) is 50.2 Å². The average molecular weight is 408 g/mol. The number of esters is 1. The van der Waals surface area contributed by atoms with Gasteiger partial charge in [0.15, 0.2) is 6.10 Å². The maximum Gasteiger partial charge on any atom is 0.416 e. The van der Waals surface area contributed by atoms with Crippen LogP contribution in [0.3, 0.4) is 0 Å². The lowest BCUT2D eigenvalue weighted by atomic mass is 10.1. The summed E-state index contributed by atoms with van der Waals surface area (Å²) in [5.74, 6) is -2.02. The molecule has 0 saturated carbocycles. The van der Waals surface area contributed by atoms with Gasteiger partial charge in [-0.25, -0.2) is 0 Å². The first-order valence-electron chi connectivity index (χ1n) is 8.59. The molecule has 2 aromatic rings. The second-order valence-corrected chi connectivity index (χ2v) is 6.25. The number of ether oxygens (including phenoxy) is 1. The number of rotatable bonds is 6. The zero-order chi connectivity index (χ0) is 21.6. The van der Waals surface area contributed by atoms with E-state index >= 15 is 0 Å². The van der Waals surface area contributed by atoms with Crippen molar-refractivity contribution in [2.75, 3.05) is 11.9 Å². The highest BCUT2D eigenvalue weighted by Gasteiger charge is 2.30. The molecule has 1 atom stereocenters. The third kappa shape index (κ3) is 6.63. The Hall–Kier alpha value is -3.36. The summed E-state index contributed by atoms with van der Waals surface area (Å²) in [4.78, 5) is 35.8. The van der Waals surface area contributed by atoms with Crippen LogP contribution in [-0.2, 0) is 20.5 Å². The standard InChI is InChI=1S/C20H19F3N2O4/c1-12-4-3-5-14(10-12)19(28)24-11-17(26)29-13(2)18(27)25-16-8-6-15(7-9-16)20(21,22)23/h3-10,13H,11H2,1-2H3,(H,24,28)(H,25,27). The summed E-state index contributed by atoms with van der Waals surface area (Å²) in [6.45, 7) is 2.69. The van der Waals surface area contributed by atoms with Gasteiger partial charge in [0.05, 0.1) is 5.56 Å². The predicted molar refractivity (Wildman–Crippen MR) is 99.1 cm³/mol. The van der Waals surface area contributed by atoms with Crippen LogP contribution in [0, 0.1) is 6.92 Å². The minimum atomic E-state index is -4.48. The number of alkyl halides is 3. The lowest BCUT2D eigenvalue weighted by Gasteiger charge is -2.14. The van der Waals surface area contributed by atoms with E-state index in [1.165, 1.54) is 6.92 Å². The molecule has 6 nitrogen and oxygen atoms in total. The highest BCUT2D eigenvalue weighted by Crippen LogP contribution is 2.29. The molecule has 1 unspecified atom stereocenters. The summed E-state index contributed by atoms with van der Waals surface area (Å²) < 4.78 is 42.5. The number of aryl methyl sites for hydroxylation is 1. The molecule has 0 aliphatic rings. The molecule has 2 amide bonds. The van der Waals surface area contributed by atoms with Gasteiger partial charge in [-0.15, -0.1) is 0 Å². The smallest absolute Gasteiger partial charge is 0.416 e. The van der Waals surface area contributed by atoms with Crippen molar-refractivity contribution >= 4 is 23.5 Å². The molecule has 2 rings (SSSR count). The minimum absolute atomic E-state index is 0.124. The number of hydrogen-bond acceptors (Lipinski definition) is 4. The summed E-state index contributed by atoms with van der Waals surface area (Å²) in [5.41, 5.74) is 0.539. The highest BCUT2D eigenvalue weighted by molar-refractivity contribution is 5.97. The molecular formula is C20H19F3N2O4. The number of carbonyl (C=O) groups excluding carboxylic acids is 3. The van der Waals surface area contributed by atoms with Crippen LogP contribution in [0.15, 0.2) is 48.5 Å². The third-order valence-corrected chi connectivity index (χ3v) is 3.83. The van der Waals surface area contributed by atoms with Crippen LogP contribution in [0.25, 0.3) is 0 Å². The van der Waals surface area contributed by atoms with Crippen LogP contribution < -0.4 is 10.6 Å². The Morgan fingerprint density at radius 2 is 1.72 bits per heavy atom. The van der Waals surface area contributed by atoms with Crippen LogP contribution in [-0.4, -0.2) is 30.4 Å². The summed E-state index contributed by atoms with van der Waals surface area (Å²) in [5, 5.41) is 4.74.